The smallest absolute Gasteiger partial charge is 0.326 e. The van der Waals surface area contributed by atoms with Crippen molar-refractivity contribution in [2.75, 3.05) is 0 Å². The molecule has 14 heavy (non-hydrogen) atoms. The van der Waals surface area contributed by atoms with Crippen LogP contribution < -0.4 is 5.32 Å². The molecule has 0 heterocycles. The Hall–Kier alpha value is -1.32. The summed E-state index contributed by atoms with van der Waals surface area (Å²) in [7, 11) is 0. The number of aliphatic carboxylic acids is 1. The van der Waals surface area contributed by atoms with E-state index < -0.39 is 17.9 Å². The van der Waals surface area contributed by atoms with Gasteiger partial charge in [0.15, 0.2) is 0 Å². The highest BCUT2D eigenvalue weighted by molar-refractivity contribution is 5.94. The van der Waals surface area contributed by atoms with Gasteiger partial charge in [0, 0.05) is 5.57 Å². The number of rotatable bonds is 5. The van der Waals surface area contributed by atoms with E-state index in [4.69, 9.17) is 5.11 Å². The summed E-state index contributed by atoms with van der Waals surface area (Å²) in [6.07, 6.45) is 0.702. The summed E-state index contributed by atoms with van der Waals surface area (Å²) in [5.74, 6) is -1.50. The van der Waals surface area contributed by atoms with E-state index in [2.05, 4.69) is 11.9 Å². The predicted octanol–water partition coefficient (Wildman–Crippen LogP) is 1.18. The molecule has 2 N–H and O–H groups in total. The molecular formula is C10H17NO3. The molecule has 0 aliphatic rings. The number of carbonyl (C=O) groups is 2. The number of amides is 1. The Balaban J connectivity index is 4.46. The second-order valence-corrected chi connectivity index (χ2v) is 3.46. The van der Waals surface area contributed by atoms with E-state index in [1.807, 2.05) is 6.92 Å². The number of carboxylic acids is 1. The Morgan fingerprint density at radius 1 is 1.50 bits per heavy atom. The van der Waals surface area contributed by atoms with Crippen molar-refractivity contribution >= 4 is 11.9 Å². The summed E-state index contributed by atoms with van der Waals surface area (Å²) in [5, 5.41) is 11.3. The minimum Gasteiger partial charge on any atom is -0.480 e. The molecule has 80 valence electrons. The first-order chi connectivity index (χ1) is 6.40. The van der Waals surface area contributed by atoms with Gasteiger partial charge in [0.05, 0.1) is 0 Å². The number of carbonyl (C=O) groups excluding carboxylic acids is 1. The fourth-order valence-corrected chi connectivity index (χ4v) is 0.948. The van der Waals surface area contributed by atoms with Gasteiger partial charge >= 0.3 is 5.97 Å². The number of hydrogen-bond donors (Lipinski definition) is 2. The quantitative estimate of drug-likeness (QED) is 0.653. The molecule has 4 heteroatoms. The summed E-state index contributed by atoms with van der Waals surface area (Å²) in [6.45, 7) is 8.67. The van der Waals surface area contributed by atoms with Gasteiger partial charge in [0.1, 0.15) is 6.04 Å². The third kappa shape index (κ3) is 3.60. The first kappa shape index (κ1) is 12.7. The first-order valence-electron chi connectivity index (χ1n) is 4.59. The summed E-state index contributed by atoms with van der Waals surface area (Å²) in [4.78, 5) is 22.0. The summed E-state index contributed by atoms with van der Waals surface area (Å²) < 4.78 is 0. The largest absolute Gasteiger partial charge is 0.480 e. The predicted molar refractivity (Wildman–Crippen MR) is 53.8 cm³/mol. The Kier molecular flexibility index (Phi) is 4.91. The maximum Gasteiger partial charge on any atom is 0.326 e. The molecule has 0 saturated heterocycles. The molecule has 0 aromatic heterocycles. The second kappa shape index (κ2) is 5.42. The number of hydrogen-bond acceptors (Lipinski definition) is 2. The van der Waals surface area contributed by atoms with Gasteiger partial charge in [-0.2, -0.15) is 0 Å². The van der Waals surface area contributed by atoms with Crippen LogP contribution in [-0.2, 0) is 9.59 Å². The van der Waals surface area contributed by atoms with Crippen LogP contribution in [0, 0.1) is 5.92 Å². The van der Waals surface area contributed by atoms with Crippen molar-refractivity contribution in [3.63, 3.8) is 0 Å². The van der Waals surface area contributed by atoms with Gasteiger partial charge in [-0.15, -0.1) is 0 Å². The molecule has 2 atom stereocenters. The molecule has 0 saturated carbocycles. The summed E-state index contributed by atoms with van der Waals surface area (Å²) >= 11 is 0. The van der Waals surface area contributed by atoms with Crippen molar-refractivity contribution in [3.8, 4) is 0 Å². The standard InChI is InChI=1S/C10H17NO3/c1-5-7(4)8(10(13)14)11-9(12)6(2)3/h7-8H,2,5H2,1,3-4H3,(H,11,12)(H,13,14)/t7-,8-/m1/s1. The molecule has 0 unspecified atom stereocenters. The highest BCUT2D eigenvalue weighted by Gasteiger charge is 2.25. The van der Waals surface area contributed by atoms with Crippen LogP contribution in [0.3, 0.4) is 0 Å². The molecule has 4 nitrogen and oxygen atoms in total. The van der Waals surface area contributed by atoms with Crippen molar-refractivity contribution < 1.29 is 14.7 Å². The molecule has 1 amide bonds. The van der Waals surface area contributed by atoms with Gasteiger partial charge in [-0.05, 0) is 12.8 Å². The lowest BCUT2D eigenvalue weighted by molar-refractivity contribution is -0.142. The van der Waals surface area contributed by atoms with Crippen LogP contribution >= 0.6 is 0 Å². The van der Waals surface area contributed by atoms with E-state index in [-0.39, 0.29) is 5.92 Å². The van der Waals surface area contributed by atoms with E-state index in [0.29, 0.717) is 12.0 Å². The van der Waals surface area contributed by atoms with E-state index >= 15 is 0 Å². The Labute approximate surface area is 84.0 Å². The van der Waals surface area contributed by atoms with Gasteiger partial charge in [0.2, 0.25) is 5.91 Å². The molecule has 0 aromatic rings. The SMILES string of the molecule is C=C(C)C(=O)N[C@@H](C(=O)O)[C@H](C)CC. The molecular weight excluding hydrogens is 182 g/mol. The monoisotopic (exact) mass is 199 g/mol. The Bertz CT molecular complexity index is 248. The molecule has 0 aliphatic carbocycles. The lowest BCUT2D eigenvalue weighted by Gasteiger charge is -2.19. The molecule has 0 rings (SSSR count). The lowest BCUT2D eigenvalue weighted by atomic mass is 9.99. The fraction of sp³-hybridized carbons (Fsp3) is 0.600. The zero-order valence-electron chi connectivity index (χ0n) is 8.83. The Morgan fingerprint density at radius 2 is 2.00 bits per heavy atom. The summed E-state index contributed by atoms with van der Waals surface area (Å²) in [5.41, 5.74) is 0.319. The van der Waals surface area contributed by atoms with Crippen molar-refractivity contribution in [2.24, 2.45) is 5.92 Å². The van der Waals surface area contributed by atoms with E-state index in [0.717, 1.165) is 0 Å². The van der Waals surface area contributed by atoms with E-state index in [1.54, 1.807) is 13.8 Å². The van der Waals surface area contributed by atoms with Crippen molar-refractivity contribution in [1.82, 2.24) is 5.32 Å². The van der Waals surface area contributed by atoms with Crippen molar-refractivity contribution in [3.05, 3.63) is 12.2 Å². The van der Waals surface area contributed by atoms with Crippen LogP contribution in [0.2, 0.25) is 0 Å². The van der Waals surface area contributed by atoms with Crippen LogP contribution in [0.5, 0.6) is 0 Å². The van der Waals surface area contributed by atoms with Crippen LogP contribution in [0.25, 0.3) is 0 Å². The van der Waals surface area contributed by atoms with Gasteiger partial charge in [0.25, 0.3) is 0 Å². The third-order valence-corrected chi connectivity index (χ3v) is 2.15. The maximum atomic E-state index is 11.2. The molecule has 0 aliphatic heterocycles. The highest BCUT2D eigenvalue weighted by Crippen LogP contribution is 2.08. The van der Waals surface area contributed by atoms with Crippen LogP contribution in [0.4, 0.5) is 0 Å². The van der Waals surface area contributed by atoms with Gasteiger partial charge in [-0.3, -0.25) is 4.79 Å². The highest BCUT2D eigenvalue weighted by atomic mass is 16.4. The zero-order valence-corrected chi connectivity index (χ0v) is 8.83. The molecule has 0 aromatic carbocycles. The number of carboxylic acid groups (broad SMARTS) is 1. The minimum absolute atomic E-state index is 0.0872. The first-order valence-corrected chi connectivity index (χ1v) is 4.59. The zero-order chi connectivity index (χ0) is 11.3. The van der Waals surface area contributed by atoms with Crippen LogP contribution in [-0.4, -0.2) is 23.0 Å². The van der Waals surface area contributed by atoms with Gasteiger partial charge < -0.3 is 10.4 Å². The molecule has 0 radical (unpaired) electrons. The minimum atomic E-state index is -1.01. The van der Waals surface area contributed by atoms with E-state index in [1.165, 1.54) is 0 Å². The van der Waals surface area contributed by atoms with Crippen molar-refractivity contribution in [2.45, 2.75) is 33.2 Å². The Morgan fingerprint density at radius 3 is 2.29 bits per heavy atom. The second-order valence-electron chi connectivity index (χ2n) is 3.46. The molecule has 0 fully saturated rings. The maximum absolute atomic E-state index is 11.2. The average molecular weight is 199 g/mol. The van der Waals surface area contributed by atoms with Gasteiger partial charge in [-0.1, -0.05) is 26.8 Å². The fourth-order valence-electron chi connectivity index (χ4n) is 0.948. The van der Waals surface area contributed by atoms with E-state index in [9.17, 15) is 9.59 Å². The average Bonchev–Trinajstić information content (AvgIpc) is 2.11. The summed E-state index contributed by atoms with van der Waals surface area (Å²) in [6, 6.07) is -0.829. The third-order valence-electron chi connectivity index (χ3n) is 2.15. The lowest BCUT2D eigenvalue weighted by Crippen LogP contribution is -2.45. The molecule has 0 bridgehead atoms. The topological polar surface area (TPSA) is 66.4 Å². The normalized spacial score (nSPS) is 14.2. The van der Waals surface area contributed by atoms with Crippen LogP contribution in [0.1, 0.15) is 27.2 Å². The van der Waals surface area contributed by atoms with Gasteiger partial charge in [-0.25, -0.2) is 4.79 Å². The molecule has 0 spiro atoms. The number of nitrogens with one attached hydrogen (secondary N) is 1. The van der Waals surface area contributed by atoms with Crippen molar-refractivity contribution in [1.29, 1.82) is 0 Å². The van der Waals surface area contributed by atoms with Crippen LogP contribution in [0.15, 0.2) is 12.2 Å².